The van der Waals surface area contributed by atoms with Crippen molar-refractivity contribution >= 4 is 52.9 Å². The number of rotatable bonds is 4. The number of aromatic nitrogens is 3. The van der Waals surface area contributed by atoms with E-state index < -0.39 is 5.92 Å². The monoisotopic (exact) mass is 636 g/mol. The van der Waals surface area contributed by atoms with Gasteiger partial charge in [0.25, 0.3) is 30.9 Å². The number of carboxylic acid groups (broad SMARTS) is 3. The second kappa shape index (κ2) is 16.0. The number of aliphatic hydroxyl groups excluding tert-OH is 1. The molecule has 0 spiro atoms. The minimum absolute atomic E-state index is 0.0871. The van der Waals surface area contributed by atoms with Gasteiger partial charge >= 0.3 is 0 Å². The average Bonchev–Trinajstić information content (AvgIpc) is 2.99. The highest BCUT2D eigenvalue weighted by atomic mass is 19.3. The molecule has 3 aliphatic rings. The normalized spacial score (nSPS) is 21.0. The number of carbonyl (C=O) groups is 3. The number of alkyl halides is 2. The number of pyridine rings is 1. The molecule has 3 aromatic rings. The van der Waals surface area contributed by atoms with Crippen LogP contribution in [0.25, 0.3) is 21.8 Å². The molecule has 6 rings (SSSR count). The molecule has 1 aliphatic heterocycles. The van der Waals surface area contributed by atoms with E-state index in [0.29, 0.717) is 36.7 Å². The lowest BCUT2D eigenvalue weighted by Gasteiger charge is -2.35. The Bertz CT molecular complexity index is 1490. The molecule has 0 unspecified atom stereocenters. The molecule has 0 radical (unpaired) electrons. The Morgan fingerprint density at radius 1 is 0.911 bits per heavy atom. The van der Waals surface area contributed by atoms with Gasteiger partial charge in [-0.15, -0.1) is 0 Å². The largest absolute Gasteiger partial charge is 0.483 e. The van der Waals surface area contributed by atoms with Gasteiger partial charge in [-0.2, -0.15) is 4.98 Å². The summed E-state index contributed by atoms with van der Waals surface area (Å²) in [6, 6.07) is 5.55. The standard InChI is InChI=1S/C26H32F2N6O2.3CH2O2/c1-32-8-10-33(11-9-32)18-4-7-20-21(12-18)24(36)34(17-2-5-19(35)6-3-17)23-22(20)15-29-25(31-23)30-16-13-26(27,28)14-16;3*2-1-3/h4,7,12,15-17,19,35H,2-3,5-6,8-11,13-14H2,1H3,(H,29,30,31);3*1H,(H,2,3)/t17-,19-;;;. The van der Waals surface area contributed by atoms with Gasteiger partial charge in [0.2, 0.25) is 5.95 Å². The molecule has 0 bridgehead atoms. The van der Waals surface area contributed by atoms with Crippen LogP contribution in [-0.2, 0) is 14.4 Å². The summed E-state index contributed by atoms with van der Waals surface area (Å²) in [5.74, 6) is -2.38. The Hall–Kier alpha value is -4.44. The Morgan fingerprint density at radius 3 is 2.04 bits per heavy atom. The summed E-state index contributed by atoms with van der Waals surface area (Å²) in [5.41, 5.74) is 1.45. The van der Waals surface area contributed by atoms with Gasteiger partial charge < -0.3 is 35.5 Å². The minimum Gasteiger partial charge on any atom is -0.483 e. The number of benzene rings is 1. The summed E-state index contributed by atoms with van der Waals surface area (Å²) in [6.45, 7) is 3.01. The summed E-state index contributed by atoms with van der Waals surface area (Å²) in [7, 11) is 2.11. The van der Waals surface area contributed by atoms with Crippen molar-refractivity contribution in [1.29, 1.82) is 0 Å². The second-order valence-electron chi connectivity index (χ2n) is 11.0. The van der Waals surface area contributed by atoms with Gasteiger partial charge in [0, 0.05) is 68.4 Å². The molecular formula is C29H38F2N6O8. The molecule has 1 saturated heterocycles. The van der Waals surface area contributed by atoms with Gasteiger partial charge in [-0.3, -0.25) is 23.7 Å². The maximum Gasteiger partial charge on any atom is 0.290 e. The number of halogens is 2. The number of aliphatic hydroxyl groups is 1. The number of nitrogens with one attached hydrogen (secondary N) is 1. The van der Waals surface area contributed by atoms with Gasteiger partial charge in [0.05, 0.1) is 11.5 Å². The predicted octanol–water partition coefficient (Wildman–Crippen LogP) is 2.48. The van der Waals surface area contributed by atoms with Crippen LogP contribution < -0.4 is 15.8 Å². The summed E-state index contributed by atoms with van der Waals surface area (Å²) in [6.07, 6.45) is 3.50. The topological polar surface area (TPSA) is 198 Å². The third-order valence-corrected chi connectivity index (χ3v) is 8.06. The number of likely N-dealkylation sites (N-methyl/N-ethyl adjacent to an activating group) is 1. The van der Waals surface area contributed by atoms with Crippen molar-refractivity contribution in [3.8, 4) is 0 Å². The van der Waals surface area contributed by atoms with Gasteiger partial charge in [-0.1, -0.05) is 6.07 Å². The van der Waals surface area contributed by atoms with Gasteiger partial charge in [0.15, 0.2) is 0 Å². The zero-order valence-corrected chi connectivity index (χ0v) is 24.8. The molecule has 16 heteroatoms. The molecule has 5 N–H and O–H groups in total. The highest BCUT2D eigenvalue weighted by molar-refractivity contribution is 6.05. The van der Waals surface area contributed by atoms with E-state index in [1.807, 2.05) is 12.1 Å². The zero-order valence-electron chi connectivity index (χ0n) is 24.8. The quantitative estimate of drug-likeness (QED) is 0.207. The lowest BCUT2D eigenvalue weighted by Crippen LogP contribution is -2.44. The Labute approximate surface area is 256 Å². The van der Waals surface area contributed by atoms with Crippen molar-refractivity contribution in [3.05, 3.63) is 34.7 Å². The molecule has 0 amide bonds. The molecular weight excluding hydrogens is 598 g/mol. The average molecular weight is 637 g/mol. The van der Waals surface area contributed by atoms with Crippen molar-refractivity contribution in [3.63, 3.8) is 0 Å². The van der Waals surface area contributed by atoms with Crippen LogP contribution in [0.5, 0.6) is 0 Å². The summed E-state index contributed by atoms with van der Waals surface area (Å²) >= 11 is 0. The van der Waals surface area contributed by atoms with E-state index in [0.717, 1.165) is 42.6 Å². The highest BCUT2D eigenvalue weighted by Crippen LogP contribution is 2.39. The molecule has 2 aliphatic carbocycles. The number of nitrogens with zero attached hydrogens (tertiary/aromatic N) is 5. The second-order valence-corrected chi connectivity index (χ2v) is 11.0. The number of piperazine rings is 1. The van der Waals surface area contributed by atoms with Crippen molar-refractivity contribution in [2.75, 3.05) is 43.4 Å². The van der Waals surface area contributed by atoms with Crippen molar-refractivity contribution in [1.82, 2.24) is 19.4 Å². The fraction of sp³-hybridized carbons (Fsp3) is 0.517. The molecule has 2 saturated carbocycles. The van der Waals surface area contributed by atoms with Crippen LogP contribution in [-0.4, -0.2) is 111 Å². The molecule has 1 aromatic carbocycles. The van der Waals surface area contributed by atoms with Crippen molar-refractivity contribution < 1.29 is 43.6 Å². The smallest absolute Gasteiger partial charge is 0.290 e. The van der Waals surface area contributed by atoms with Crippen LogP contribution in [0.3, 0.4) is 0 Å². The number of fused-ring (bicyclic) bond motifs is 3. The van der Waals surface area contributed by atoms with Crippen LogP contribution in [0.1, 0.15) is 44.6 Å². The number of hydrogen-bond acceptors (Lipinski definition) is 10. The first-order valence-corrected chi connectivity index (χ1v) is 14.4. The van der Waals surface area contributed by atoms with Crippen molar-refractivity contribution in [2.24, 2.45) is 0 Å². The molecule has 246 valence electrons. The highest BCUT2D eigenvalue weighted by Gasteiger charge is 2.45. The molecule has 45 heavy (non-hydrogen) atoms. The van der Waals surface area contributed by atoms with E-state index in [-0.39, 0.29) is 62.0 Å². The first kappa shape index (κ1) is 35.0. The fourth-order valence-corrected chi connectivity index (χ4v) is 5.85. The summed E-state index contributed by atoms with van der Waals surface area (Å²) < 4.78 is 28.5. The van der Waals surface area contributed by atoms with E-state index in [2.05, 4.69) is 38.2 Å². The SMILES string of the molecule is CN1CCN(c2ccc3c(c2)c(=O)n([C@H]2CC[C@H](O)CC2)c2nc(NC4CC(F)(F)C4)ncc32)CC1.O=CO.O=CO.O=CO. The lowest BCUT2D eigenvalue weighted by atomic mass is 9.88. The van der Waals surface area contributed by atoms with Crippen LogP contribution in [0.4, 0.5) is 20.4 Å². The number of anilines is 2. The Kier molecular flexibility index (Phi) is 12.5. The van der Waals surface area contributed by atoms with Crippen LogP contribution in [0.2, 0.25) is 0 Å². The van der Waals surface area contributed by atoms with E-state index in [9.17, 15) is 18.7 Å². The van der Waals surface area contributed by atoms with Crippen LogP contribution >= 0.6 is 0 Å². The van der Waals surface area contributed by atoms with Gasteiger partial charge in [-0.25, -0.2) is 13.8 Å². The Morgan fingerprint density at radius 2 is 1.49 bits per heavy atom. The maximum absolute atomic E-state index is 14.0. The minimum atomic E-state index is -2.64. The molecule has 3 fully saturated rings. The van der Waals surface area contributed by atoms with E-state index in [1.165, 1.54) is 0 Å². The predicted molar refractivity (Wildman–Crippen MR) is 162 cm³/mol. The summed E-state index contributed by atoms with van der Waals surface area (Å²) in [4.78, 5) is 52.8. The zero-order chi connectivity index (χ0) is 33.1. The molecule has 14 nitrogen and oxygen atoms in total. The summed E-state index contributed by atoms with van der Waals surface area (Å²) in [5, 5.41) is 35.9. The Balaban J connectivity index is 0.000000552. The van der Waals surface area contributed by atoms with Crippen LogP contribution in [0, 0.1) is 0 Å². The number of hydrogen-bond donors (Lipinski definition) is 5. The molecule has 2 aromatic heterocycles. The third-order valence-electron chi connectivity index (χ3n) is 8.06. The third kappa shape index (κ3) is 8.82. The molecule has 3 heterocycles. The van der Waals surface area contributed by atoms with Crippen molar-refractivity contribution in [2.45, 2.75) is 62.6 Å². The van der Waals surface area contributed by atoms with Crippen LogP contribution in [0.15, 0.2) is 29.2 Å². The maximum atomic E-state index is 14.0. The van der Waals surface area contributed by atoms with Gasteiger partial charge in [0.1, 0.15) is 5.65 Å². The molecule has 0 atom stereocenters. The lowest BCUT2D eigenvalue weighted by molar-refractivity contribution is -0.123. The fourth-order valence-electron chi connectivity index (χ4n) is 5.85. The first-order valence-electron chi connectivity index (χ1n) is 14.4. The van der Waals surface area contributed by atoms with E-state index in [4.69, 9.17) is 29.7 Å². The first-order chi connectivity index (χ1) is 21.5. The van der Waals surface area contributed by atoms with E-state index in [1.54, 1.807) is 10.8 Å². The van der Waals surface area contributed by atoms with Gasteiger partial charge in [-0.05, 0) is 50.2 Å². The van der Waals surface area contributed by atoms with E-state index >= 15 is 0 Å².